The van der Waals surface area contributed by atoms with Crippen LogP contribution in [0.4, 0.5) is 24.5 Å². The summed E-state index contributed by atoms with van der Waals surface area (Å²) in [4.78, 5) is 29.5. The van der Waals surface area contributed by atoms with Gasteiger partial charge in [-0.3, -0.25) is 14.5 Å². The maximum Gasteiger partial charge on any atom is 0.416 e. The van der Waals surface area contributed by atoms with Gasteiger partial charge in [0.1, 0.15) is 6.04 Å². The minimum absolute atomic E-state index is 0.105. The van der Waals surface area contributed by atoms with Gasteiger partial charge in [0.05, 0.1) is 11.6 Å². The van der Waals surface area contributed by atoms with E-state index in [0.717, 1.165) is 29.8 Å². The molecule has 0 aromatic heterocycles. The third kappa shape index (κ3) is 6.63. The van der Waals surface area contributed by atoms with E-state index in [-0.39, 0.29) is 11.9 Å². The molecule has 2 unspecified atom stereocenters. The maximum absolute atomic E-state index is 13.3. The monoisotopic (exact) mass is 601 g/mol. The van der Waals surface area contributed by atoms with Crippen LogP contribution in [0.25, 0.3) is 11.1 Å². The minimum atomic E-state index is -4.44. The zero-order valence-electron chi connectivity index (χ0n) is 24.5. The van der Waals surface area contributed by atoms with Gasteiger partial charge < -0.3 is 15.3 Å². The van der Waals surface area contributed by atoms with Crippen molar-refractivity contribution >= 4 is 23.3 Å². The highest BCUT2D eigenvalue weighted by molar-refractivity contribution is 6.08. The van der Waals surface area contributed by atoms with E-state index < -0.39 is 23.8 Å². The van der Waals surface area contributed by atoms with E-state index in [9.17, 15) is 27.9 Å². The van der Waals surface area contributed by atoms with E-state index in [4.69, 9.17) is 0 Å². The molecule has 1 amide bonds. The van der Waals surface area contributed by atoms with Crippen molar-refractivity contribution in [1.29, 1.82) is 0 Å². The van der Waals surface area contributed by atoms with E-state index in [1.54, 1.807) is 31.2 Å². The lowest BCUT2D eigenvalue weighted by Crippen LogP contribution is -2.53. The van der Waals surface area contributed by atoms with Gasteiger partial charge in [0.25, 0.3) is 5.91 Å². The van der Waals surface area contributed by atoms with E-state index in [1.165, 1.54) is 17.7 Å². The Morgan fingerprint density at radius 3 is 2.23 bits per heavy atom. The number of halogens is 3. The number of anilines is 2. The Hall–Kier alpha value is -4.63. The molecule has 0 spiro atoms. The molecule has 0 saturated carbocycles. The van der Waals surface area contributed by atoms with Crippen molar-refractivity contribution in [3.63, 3.8) is 0 Å². The van der Waals surface area contributed by atoms with Crippen LogP contribution in [0, 0.1) is 0 Å². The van der Waals surface area contributed by atoms with E-state index in [2.05, 4.69) is 34.2 Å². The van der Waals surface area contributed by atoms with Crippen LogP contribution < -0.4 is 10.2 Å². The van der Waals surface area contributed by atoms with Crippen molar-refractivity contribution in [2.45, 2.75) is 38.5 Å². The normalized spacial score (nSPS) is 16.4. The SMILES string of the molecule is CCc1ccccc1C1CN(c2ccc(NC(=O)c3ccccc3-c3ccc(C(F)(F)F)cc3)cc2)CCN1C(C)C(=O)O. The summed E-state index contributed by atoms with van der Waals surface area (Å²) in [6, 6.07) is 26.5. The molecule has 44 heavy (non-hydrogen) atoms. The second-order valence-electron chi connectivity index (χ2n) is 10.9. The number of rotatable bonds is 8. The van der Waals surface area contributed by atoms with E-state index in [0.29, 0.717) is 42.0 Å². The number of amides is 1. The maximum atomic E-state index is 13.3. The number of benzene rings is 4. The van der Waals surface area contributed by atoms with Crippen molar-refractivity contribution < 1.29 is 27.9 Å². The van der Waals surface area contributed by atoms with Gasteiger partial charge in [-0.15, -0.1) is 0 Å². The van der Waals surface area contributed by atoms with Gasteiger partial charge in [0.2, 0.25) is 0 Å². The van der Waals surface area contributed by atoms with Crippen molar-refractivity contribution in [2.24, 2.45) is 0 Å². The molecule has 228 valence electrons. The average Bonchev–Trinajstić information content (AvgIpc) is 3.04. The Morgan fingerprint density at radius 1 is 0.909 bits per heavy atom. The van der Waals surface area contributed by atoms with E-state index >= 15 is 0 Å². The number of aliphatic carboxylic acids is 1. The van der Waals surface area contributed by atoms with Crippen molar-refractivity contribution in [3.8, 4) is 11.1 Å². The molecule has 1 aliphatic rings. The number of carbonyl (C=O) groups excluding carboxylic acids is 1. The Kier molecular flexibility index (Phi) is 9.06. The number of carbonyl (C=O) groups is 2. The molecule has 1 fully saturated rings. The molecule has 0 aliphatic carbocycles. The van der Waals surface area contributed by atoms with Crippen LogP contribution >= 0.6 is 0 Å². The number of carboxylic acids is 1. The number of alkyl halides is 3. The highest BCUT2D eigenvalue weighted by atomic mass is 19.4. The van der Waals surface area contributed by atoms with Gasteiger partial charge >= 0.3 is 12.1 Å². The largest absolute Gasteiger partial charge is 0.480 e. The van der Waals surface area contributed by atoms with Crippen LogP contribution in [0.3, 0.4) is 0 Å². The molecule has 4 aromatic rings. The number of hydrogen-bond donors (Lipinski definition) is 2. The molecule has 5 rings (SSSR count). The zero-order chi connectivity index (χ0) is 31.4. The second-order valence-corrected chi connectivity index (χ2v) is 10.9. The van der Waals surface area contributed by atoms with Crippen LogP contribution in [0.15, 0.2) is 97.1 Å². The van der Waals surface area contributed by atoms with Crippen LogP contribution in [0.5, 0.6) is 0 Å². The molecule has 0 radical (unpaired) electrons. The number of nitrogens with zero attached hydrogens (tertiary/aromatic N) is 2. The summed E-state index contributed by atoms with van der Waals surface area (Å²) in [6.45, 7) is 5.66. The molecule has 1 aliphatic heterocycles. The Labute approximate surface area is 254 Å². The van der Waals surface area contributed by atoms with Crippen LogP contribution in [0.2, 0.25) is 0 Å². The van der Waals surface area contributed by atoms with E-state index in [1.807, 2.05) is 36.4 Å². The standard InChI is InChI=1S/C35H34F3N3O3/c1-3-24-8-4-5-10-30(24)32-22-40(20-21-41(32)23(2)34(43)44)28-18-16-27(17-19-28)39-33(42)31-11-7-6-9-29(31)25-12-14-26(15-13-25)35(36,37)38/h4-19,23,32H,3,20-22H2,1-2H3,(H,39,42)(H,43,44). The van der Waals surface area contributed by atoms with Gasteiger partial charge in [-0.2, -0.15) is 13.2 Å². The molecule has 9 heteroatoms. The lowest BCUT2D eigenvalue weighted by molar-refractivity contribution is -0.144. The highest BCUT2D eigenvalue weighted by Crippen LogP contribution is 2.34. The molecule has 1 heterocycles. The molecule has 2 N–H and O–H groups in total. The zero-order valence-corrected chi connectivity index (χ0v) is 24.5. The van der Waals surface area contributed by atoms with Gasteiger partial charge in [-0.05, 0) is 78.1 Å². The van der Waals surface area contributed by atoms with Gasteiger partial charge in [0, 0.05) is 36.6 Å². The van der Waals surface area contributed by atoms with Gasteiger partial charge in [-0.25, -0.2) is 0 Å². The lowest BCUT2D eigenvalue weighted by Gasteiger charge is -2.45. The third-order valence-electron chi connectivity index (χ3n) is 8.26. The topological polar surface area (TPSA) is 72.9 Å². The molecule has 2 atom stereocenters. The van der Waals surface area contributed by atoms with Crippen molar-refractivity contribution in [3.05, 3.63) is 119 Å². The first-order valence-corrected chi connectivity index (χ1v) is 14.6. The fraction of sp³-hybridized carbons (Fsp3) is 0.257. The summed E-state index contributed by atoms with van der Waals surface area (Å²) in [6.07, 6.45) is -3.59. The smallest absolute Gasteiger partial charge is 0.416 e. The number of piperazine rings is 1. The Morgan fingerprint density at radius 2 is 1.57 bits per heavy atom. The third-order valence-corrected chi connectivity index (χ3v) is 8.26. The number of aryl methyl sites for hydroxylation is 1. The average molecular weight is 602 g/mol. The van der Waals surface area contributed by atoms with Crippen molar-refractivity contribution in [2.75, 3.05) is 29.9 Å². The predicted octanol–water partition coefficient (Wildman–Crippen LogP) is 7.52. The fourth-order valence-corrected chi connectivity index (χ4v) is 5.82. The molecule has 4 aromatic carbocycles. The summed E-state index contributed by atoms with van der Waals surface area (Å²) < 4.78 is 39.1. The molecule has 6 nitrogen and oxygen atoms in total. The molecular formula is C35H34F3N3O3. The summed E-state index contributed by atoms with van der Waals surface area (Å²) in [5.41, 5.74) is 4.48. The first-order chi connectivity index (χ1) is 21.1. The van der Waals surface area contributed by atoms with Crippen LogP contribution in [-0.2, 0) is 17.4 Å². The van der Waals surface area contributed by atoms with Crippen LogP contribution in [-0.4, -0.2) is 47.6 Å². The Bertz CT molecular complexity index is 1620. The second kappa shape index (κ2) is 12.9. The summed E-state index contributed by atoms with van der Waals surface area (Å²) in [7, 11) is 0. The molecule has 1 saturated heterocycles. The predicted molar refractivity (Wildman–Crippen MR) is 166 cm³/mol. The first kappa shape index (κ1) is 30.8. The first-order valence-electron chi connectivity index (χ1n) is 14.6. The summed E-state index contributed by atoms with van der Waals surface area (Å²) in [5, 5.41) is 12.7. The number of nitrogens with one attached hydrogen (secondary N) is 1. The Balaban J connectivity index is 1.33. The van der Waals surface area contributed by atoms with Gasteiger partial charge in [-0.1, -0.05) is 61.5 Å². The summed E-state index contributed by atoms with van der Waals surface area (Å²) in [5.74, 6) is -1.22. The quantitative estimate of drug-likeness (QED) is 0.219. The summed E-state index contributed by atoms with van der Waals surface area (Å²) >= 11 is 0. The number of carboxylic acid groups (broad SMARTS) is 1. The molecule has 0 bridgehead atoms. The minimum Gasteiger partial charge on any atom is -0.480 e. The molecular weight excluding hydrogens is 567 g/mol. The number of hydrogen-bond acceptors (Lipinski definition) is 4. The van der Waals surface area contributed by atoms with Crippen molar-refractivity contribution in [1.82, 2.24) is 4.90 Å². The van der Waals surface area contributed by atoms with Crippen LogP contribution in [0.1, 0.15) is 46.9 Å². The fourth-order valence-electron chi connectivity index (χ4n) is 5.82. The van der Waals surface area contributed by atoms with Gasteiger partial charge in [0.15, 0.2) is 0 Å². The lowest BCUT2D eigenvalue weighted by atomic mass is 9.94. The highest BCUT2D eigenvalue weighted by Gasteiger charge is 2.35.